The van der Waals surface area contributed by atoms with Crippen molar-refractivity contribution in [1.29, 1.82) is 0 Å². The molecule has 2 fully saturated rings. The van der Waals surface area contributed by atoms with E-state index in [9.17, 15) is 4.79 Å². The average molecular weight is 436 g/mol. The van der Waals surface area contributed by atoms with Crippen LogP contribution >= 0.6 is 35.0 Å². The number of piperazine rings is 1. The van der Waals surface area contributed by atoms with E-state index in [0.29, 0.717) is 6.04 Å². The van der Waals surface area contributed by atoms with Crippen LogP contribution in [0.1, 0.15) is 22.3 Å². The number of amides is 1. The van der Waals surface area contributed by atoms with Crippen molar-refractivity contribution >= 4 is 40.9 Å². The van der Waals surface area contributed by atoms with Crippen LogP contribution in [0.3, 0.4) is 0 Å². The second-order valence-corrected chi connectivity index (χ2v) is 6.99. The molecule has 1 atom stereocenters. The van der Waals surface area contributed by atoms with E-state index in [0.717, 1.165) is 54.8 Å². The van der Waals surface area contributed by atoms with E-state index in [2.05, 4.69) is 45.8 Å². The summed E-state index contributed by atoms with van der Waals surface area (Å²) in [6.45, 7) is 8.18. The van der Waals surface area contributed by atoms with Gasteiger partial charge in [0.2, 0.25) is 0 Å². The zero-order chi connectivity index (χ0) is 14.8. The average Bonchev–Trinajstić information content (AvgIpc) is 3.00. The molecular formula is C16H23ClIN3O. The third-order valence-corrected chi connectivity index (χ3v) is 5.97. The zero-order valence-corrected chi connectivity index (χ0v) is 15.8. The molecule has 2 aliphatic heterocycles. The van der Waals surface area contributed by atoms with Crippen molar-refractivity contribution in [2.24, 2.45) is 0 Å². The zero-order valence-electron chi connectivity index (χ0n) is 12.8. The molecule has 0 aliphatic carbocycles. The van der Waals surface area contributed by atoms with Gasteiger partial charge in [-0.15, -0.1) is 12.4 Å². The summed E-state index contributed by atoms with van der Waals surface area (Å²) < 4.78 is 1.09. The first kappa shape index (κ1) is 18.0. The van der Waals surface area contributed by atoms with E-state index in [1.54, 1.807) is 0 Å². The Kier molecular flexibility index (Phi) is 6.49. The maximum absolute atomic E-state index is 12.7. The maximum Gasteiger partial charge on any atom is 0.254 e. The van der Waals surface area contributed by atoms with Crippen molar-refractivity contribution in [3.8, 4) is 0 Å². The van der Waals surface area contributed by atoms with Gasteiger partial charge in [-0.2, -0.15) is 0 Å². The number of hydrogen-bond acceptors (Lipinski definition) is 3. The molecule has 2 aliphatic rings. The van der Waals surface area contributed by atoms with Crippen LogP contribution in [0.15, 0.2) is 18.2 Å². The first-order chi connectivity index (χ1) is 10.2. The second-order valence-electron chi connectivity index (χ2n) is 5.92. The molecule has 1 amide bonds. The molecule has 1 N–H and O–H groups in total. The molecule has 22 heavy (non-hydrogen) atoms. The van der Waals surface area contributed by atoms with Gasteiger partial charge < -0.3 is 10.2 Å². The highest BCUT2D eigenvalue weighted by Crippen LogP contribution is 2.22. The van der Waals surface area contributed by atoms with Crippen LogP contribution in [0.5, 0.6) is 0 Å². The third-order valence-electron chi connectivity index (χ3n) is 4.54. The lowest BCUT2D eigenvalue weighted by Gasteiger charge is -2.32. The van der Waals surface area contributed by atoms with E-state index in [4.69, 9.17) is 0 Å². The van der Waals surface area contributed by atoms with E-state index >= 15 is 0 Å². The van der Waals surface area contributed by atoms with Crippen molar-refractivity contribution in [2.75, 3.05) is 39.3 Å². The molecule has 3 rings (SSSR count). The monoisotopic (exact) mass is 435 g/mol. The maximum atomic E-state index is 12.7. The number of nitrogens with one attached hydrogen (secondary N) is 1. The minimum atomic E-state index is 0. The molecule has 1 aromatic carbocycles. The van der Waals surface area contributed by atoms with Crippen molar-refractivity contribution in [2.45, 2.75) is 19.4 Å². The lowest BCUT2D eigenvalue weighted by atomic mass is 10.1. The molecule has 0 bridgehead atoms. The van der Waals surface area contributed by atoms with Gasteiger partial charge in [-0.3, -0.25) is 9.69 Å². The van der Waals surface area contributed by atoms with Crippen LogP contribution in [-0.2, 0) is 0 Å². The van der Waals surface area contributed by atoms with Crippen molar-refractivity contribution in [3.63, 3.8) is 0 Å². The summed E-state index contributed by atoms with van der Waals surface area (Å²) in [6, 6.07) is 6.54. The minimum absolute atomic E-state index is 0. The van der Waals surface area contributed by atoms with Gasteiger partial charge in [0.05, 0.1) is 5.56 Å². The molecule has 6 heteroatoms. The Morgan fingerprint density at radius 1 is 1.27 bits per heavy atom. The van der Waals surface area contributed by atoms with Crippen LogP contribution in [-0.4, -0.2) is 61.0 Å². The Bertz CT molecular complexity index is 534. The van der Waals surface area contributed by atoms with Gasteiger partial charge in [0.1, 0.15) is 0 Å². The number of rotatable bonds is 2. The molecule has 0 aromatic heterocycles. The number of benzene rings is 1. The molecule has 0 saturated carbocycles. The third kappa shape index (κ3) is 3.75. The van der Waals surface area contributed by atoms with Crippen molar-refractivity contribution in [3.05, 3.63) is 32.9 Å². The van der Waals surface area contributed by atoms with Crippen LogP contribution in [0, 0.1) is 10.5 Å². The summed E-state index contributed by atoms with van der Waals surface area (Å²) in [6.07, 6.45) is 1.11. The summed E-state index contributed by atoms with van der Waals surface area (Å²) >= 11 is 2.29. The van der Waals surface area contributed by atoms with Crippen molar-refractivity contribution < 1.29 is 4.79 Å². The summed E-state index contributed by atoms with van der Waals surface area (Å²) in [7, 11) is 0. The topological polar surface area (TPSA) is 35.6 Å². The summed E-state index contributed by atoms with van der Waals surface area (Å²) in [5.74, 6) is 0.195. The standard InChI is InChI=1S/C16H22IN3O.ClH/c1-12-3-2-4-14(15(12)17)16(21)20-8-5-13(11-20)19-9-6-18-7-10-19;/h2-4,13,18H,5-11H2,1H3;1H. The number of carbonyl (C=O) groups is 1. The quantitative estimate of drug-likeness (QED) is 0.723. The fraction of sp³-hybridized carbons (Fsp3) is 0.562. The summed E-state index contributed by atoms with van der Waals surface area (Å²) in [5.41, 5.74) is 2.04. The van der Waals surface area contributed by atoms with Crippen molar-refractivity contribution in [1.82, 2.24) is 15.1 Å². The highest BCUT2D eigenvalue weighted by molar-refractivity contribution is 14.1. The molecule has 0 radical (unpaired) electrons. The van der Waals surface area contributed by atoms with Crippen LogP contribution < -0.4 is 5.32 Å². The van der Waals surface area contributed by atoms with Gasteiger partial charge in [-0.05, 0) is 47.6 Å². The van der Waals surface area contributed by atoms with Gasteiger partial charge in [0, 0.05) is 48.9 Å². The number of hydrogen-bond donors (Lipinski definition) is 1. The molecule has 4 nitrogen and oxygen atoms in total. The van der Waals surface area contributed by atoms with E-state index < -0.39 is 0 Å². The number of aryl methyl sites for hydroxylation is 1. The Hall–Kier alpha value is -0.370. The van der Waals surface area contributed by atoms with E-state index in [-0.39, 0.29) is 18.3 Å². The van der Waals surface area contributed by atoms with Crippen LogP contribution in [0.4, 0.5) is 0 Å². The van der Waals surface area contributed by atoms with E-state index in [1.807, 2.05) is 17.0 Å². The smallest absolute Gasteiger partial charge is 0.254 e. The minimum Gasteiger partial charge on any atom is -0.337 e. The van der Waals surface area contributed by atoms with Gasteiger partial charge in [0.25, 0.3) is 5.91 Å². The molecular weight excluding hydrogens is 413 g/mol. The largest absolute Gasteiger partial charge is 0.337 e. The highest BCUT2D eigenvalue weighted by Gasteiger charge is 2.31. The lowest BCUT2D eigenvalue weighted by Crippen LogP contribution is -2.49. The number of carbonyl (C=O) groups excluding carboxylic acids is 1. The Morgan fingerprint density at radius 3 is 2.73 bits per heavy atom. The lowest BCUT2D eigenvalue weighted by molar-refractivity contribution is 0.0772. The fourth-order valence-corrected chi connectivity index (χ4v) is 3.84. The predicted molar refractivity (Wildman–Crippen MR) is 99.9 cm³/mol. The summed E-state index contributed by atoms with van der Waals surface area (Å²) in [4.78, 5) is 17.3. The molecule has 2 heterocycles. The predicted octanol–water partition coefficient (Wildman–Crippen LogP) is 2.14. The number of halogens is 2. The van der Waals surface area contributed by atoms with Gasteiger partial charge in [0.15, 0.2) is 0 Å². The number of likely N-dealkylation sites (tertiary alicyclic amines) is 1. The normalized spacial score (nSPS) is 22.5. The van der Waals surface area contributed by atoms with Crippen LogP contribution in [0.25, 0.3) is 0 Å². The van der Waals surface area contributed by atoms with Gasteiger partial charge in [-0.25, -0.2) is 0 Å². The Labute approximate surface area is 152 Å². The van der Waals surface area contributed by atoms with Gasteiger partial charge in [-0.1, -0.05) is 12.1 Å². The van der Waals surface area contributed by atoms with E-state index in [1.165, 1.54) is 5.56 Å². The van der Waals surface area contributed by atoms with Crippen LogP contribution in [0.2, 0.25) is 0 Å². The molecule has 122 valence electrons. The SMILES string of the molecule is Cc1cccc(C(=O)N2CCC(N3CCNCC3)C2)c1I.Cl. The molecule has 0 spiro atoms. The molecule has 1 aromatic rings. The first-order valence-electron chi connectivity index (χ1n) is 7.66. The molecule has 1 unspecified atom stereocenters. The Morgan fingerprint density at radius 2 is 2.00 bits per heavy atom. The number of nitrogens with zero attached hydrogens (tertiary/aromatic N) is 2. The second kappa shape index (κ2) is 7.95. The molecule has 2 saturated heterocycles. The summed E-state index contributed by atoms with van der Waals surface area (Å²) in [5, 5.41) is 3.39. The first-order valence-corrected chi connectivity index (χ1v) is 8.74. The highest BCUT2D eigenvalue weighted by atomic mass is 127. The Balaban J connectivity index is 0.00000176. The fourth-order valence-electron chi connectivity index (χ4n) is 3.25. The van der Waals surface area contributed by atoms with Gasteiger partial charge >= 0.3 is 0 Å².